The fourth-order valence-electron chi connectivity index (χ4n) is 2.82. The van der Waals surface area contributed by atoms with Crippen molar-refractivity contribution in [2.45, 2.75) is 6.92 Å². The molecule has 3 heteroatoms. The van der Waals surface area contributed by atoms with E-state index in [4.69, 9.17) is 20.8 Å². The average molecular weight is 325 g/mol. The Bertz CT molecular complexity index is 945. The molecule has 0 aliphatic rings. The highest BCUT2D eigenvalue weighted by molar-refractivity contribution is 6.38. The highest BCUT2D eigenvalue weighted by Crippen LogP contribution is 2.39. The van der Waals surface area contributed by atoms with Crippen molar-refractivity contribution in [2.75, 3.05) is 7.11 Å². The Hall–Kier alpha value is -2.45. The third-order valence-electron chi connectivity index (χ3n) is 3.77. The number of benzene rings is 2. The molecule has 2 nitrogen and oxygen atoms in total. The lowest BCUT2D eigenvalue weighted by Gasteiger charge is -2.10. The van der Waals surface area contributed by atoms with Gasteiger partial charge < -0.3 is 9.15 Å². The second-order valence-electron chi connectivity index (χ2n) is 5.08. The van der Waals surface area contributed by atoms with E-state index >= 15 is 0 Å². The van der Waals surface area contributed by atoms with Crippen LogP contribution in [0.3, 0.4) is 0 Å². The van der Waals surface area contributed by atoms with Crippen molar-refractivity contribution in [2.24, 2.45) is 0 Å². The number of methoxy groups -OCH3 is 1. The zero-order chi connectivity index (χ0) is 16.4. The van der Waals surface area contributed by atoms with Gasteiger partial charge in [0.2, 0.25) is 0 Å². The van der Waals surface area contributed by atoms with Crippen LogP contribution in [0.5, 0.6) is 0 Å². The molecule has 3 rings (SSSR count). The maximum atomic E-state index is 6.43. The van der Waals surface area contributed by atoms with Crippen molar-refractivity contribution in [3.05, 3.63) is 77.6 Å². The molecule has 1 heterocycles. The molecule has 0 atom stereocenters. The molecule has 3 aromatic rings. The fourth-order valence-corrected chi connectivity index (χ4v) is 3.08. The summed E-state index contributed by atoms with van der Waals surface area (Å²) < 4.78 is 11.4. The number of ether oxygens (including phenoxy) is 1. The Labute approximate surface area is 140 Å². The maximum absolute atomic E-state index is 6.43. The first kappa shape index (κ1) is 15.4. The highest BCUT2D eigenvalue weighted by atomic mass is 35.5. The minimum absolute atomic E-state index is 0.672. The number of halogens is 1. The predicted molar refractivity (Wildman–Crippen MR) is 97.7 cm³/mol. The van der Waals surface area contributed by atoms with Crippen molar-refractivity contribution in [3.8, 4) is 0 Å². The van der Waals surface area contributed by atoms with Crippen LogP contribution in [0.1, 0.15) is 12.5 Å². The lowest BCUT2D eigenvalue weighted by molar-refractivity contribution is 0.309. The first-order chi connectivity index (χ1) is 11.2. The number of furan rings is 1. The van der Waals surface area contributed by atoms with Gasteiger partial charge in [-0.15, -0.1) is 0 Å². The van der Waals surface area contributed by atoms with E-state index in [0.29, 0.717) is 10.8 Å². The predicted octanol–water partition coefficient (Wildman–Crippen LogP) is 6.36. The fraction of sp³-hybridized carbons (Fsp3) is 0.100. The highest BCUT2D eigenvalue weighted by Gasteiger charge is 2.16. The first-order valence-corrected chi connectivity index (χ1v) is 7.72. The van der Waals surface area contributed by atoms with E-state index in [-0.39, 0.29) is 0 Å². The molecule has 1 aromatic heterocycles. The van der Waals surface area contributed by atoms with Gasteiger partial charge in [-0.25, -0.2) is 0 Å². The molecule has 0 aliphatic carbocycles. The molecule has 0 unspecified atom stereocenters. The molecule has 0 spiro atoms. The van der Waals surface area contributed by atoms with Crippen LogP contribution in [0, 0.1) is 0 Å². The molecule has 23 heavy (non-hydrogen) atoms. The van der Waals surface area contributed by atoms with E-state index in [2.05, 4.69) is 6.58 Å². The Morgan fingerprint density at radius 1 is 1.13 bits per heavy atom. The van der Waals surface area contributed by atoms with Crippen LogP contribution in [0.4, 0.5) is 0 Å². The molecule has 0 aliphatic heterocycles. The summed E-state index contributed by atoms with van der Waals surface area (Å²) in [6.07, 6.45) is 5.68. The van der Waals surface area contributed by atoms with Gasteiger partial charge in [0.15, 0.2) is 0 Å². The van der Waals surface area contributed by atoms with E-state index in [1.54, 1.807) is 13.2 Å². The summed E-state index contributed by atoms with van der Waals surface area (Å²) >= 11 is 6.43. The summed E-state index contributed by atoms with van der Waals surface area (Å²) in [7, 11) is 1.64. The van der Waals surface area contributed by atoms with Crippen molar-refractivity contribution < 1.29 is 9.15 Å². The van der Waals surface area contributed by atoms with Gasteiger partial charge in [-0.2, -0.15) is 0 Å². The topological polar surface area (TPSA) is 22.4 Å². The molecule has 0 saturated heterocycles. The van der Waals surface area contributed by atoms with Gasteiger partial charge in [-0.1, -0.05) is 48.5 Å². The van der Waals surface area contributed by atoms with Gasteiger partial charge >= 0.3 is 0 Å². The molecule has 0 amide bonds. The second-order valence-corrected chi connectivity index (χ2v) is 5.49. The van der Waals surface area contributed by atoms with Crippen LogP contribution in [-0.2, 0) is 4.74 Å². The Morgan fingerprint density at radius 2 is 1.83 bits per heavy atom. The number of fused-ring (bicyclic) bond motifs is 3. The van der Waals surface area contributed by atoms with E-state index < -0.39 is 0 Å². The second kappa shape index (κ2) is 6.35. The van der Waals surface area contributed by atoms with E-state index in [9.17, 15) is 0 Å². The smallest absolute Gasteiger partial charge is 0.136 e. The van der Waals surface area contributed by atoms with Crippen LogP contribution in [0.2, 0.25) is 5.02 Å². The number of rotatable bonds is 4. The quantitative estimate of drug-likeness (QED) is 0.411. The SMILES string of the molecule is C=C/C(OC)=C(\C=C/C)c1cccc2oc3cccc(Cl)c3c12. The first-order valence-electron chi connectivity index (χ1n) is 7.34. The van der Waals surface area contributed by atoms with Crippen molar-refractivity contribution in [3.63, 3.8) is 0 Å². The van der Waals surface area contributed by atoms with Crippen molar-refractivity contribution >= 4 is 39.1 Å². The van der Waals surface area contributed by atoms with Gasteiger partial charge in [0.05, 0.1) is 12.1 Å². The minimum atomic E-state index is 0.672. The zero-order valence-corrected chi connectivity index (χ0v) is 13.9. The van der Waals surface area contributed by atoms with Crippen molar-refractivity contribution in [1.82, 2.24) is 0 Å². The van der Waals surface area contributed by atoms with E-state index in [1.165, 1.54) is 0 Å². The summed E-state index contributed by atoms with van der Waals surface area (Å²) in [5.41, 5.74) is 3.52. The van der Waals surface area contributed by atoms with Crippen LogP contribution in [0.15, 0.2) is 71.4 Å². The van der Waals surface area contributed by atoms with Gasteiger partial charge in [0, 0.05) is 16.3 Å². The standard InChI is InChI=1S/C20H17ClO2/c1-4-8-13(16(5-2)22-3)14-9-6-11-17-19(14)20-15(21)10-7-12-18(20)23-17/h4-12H,2H2,1,3H3/b8-4-,16-13-. The summed E-state index contributed by atoms with van der Waals surface area (Å²) in [5.74, 6) is 0.706. The van der Waals surface area contributed by atoms with Gasteiger partial charge in [-0.05, 0) is 36.8 Å². The zero-order valence-electron chi connectivity index (χ0n) is 13.1. The van der Waals surface area contributed by atoms with Crippen LogP contribution in [-0.4, -0.2) is 7.11 Å². The Morgan fingerprint density at radius 3 is 2.48 bits per heavy atom. The Balaban J connectivity index is 2.48. The summed E-state index contributed by atoms with van der Waals surface area (Å²) in [6, 6.07) is 11.6. The molecule has 0 N–H and O–H groups in total. The van der Waals surface area contributed by atoms with E-state index in [1.807, 2.05) is 55.5 Å². The van der Waals surface area contributed by atoms with Crippen LogP contribution < -0.4 is 0 Å². The molecular formula is C20H17ClO2. The number of hydrogen-bond acceptors (Lipinski definition) is 2. The molecular weight excluding hydrogens is 308 g/mol. The minimum Gasteiger partial charge on any atom is -0.496 e. The van der Waals surface area contributed by atoms with Crippen LogP contribution in [0.25, 0.3) is 27.5 Å². The molecule has 2 aromatic carbocycles. The maximum Gasteiger partial charge on any atom is 0.136 e. The summed E-state index contributed by atoms with van der Waals surface area (Å²) in [4.78, 5) is 0. The lowest BCUT2D eigenvalue weighted by atomic mass is 9.97. The average Bonchev–Trinajstić information content (AvgIpc) is 2.95. The third-order valence-corrected chi connectivity index (χ3v) is 4.08. The monoisotopic (exact) mass is 324 g/mol. The largest absolute Gasteiger partial charge is 0.496 e. The summed E-state index contributed by atoms with van der Waals surface area (Å²) in [5, 5.41) is 2.57. The Kier molecular flexibility index (Phi) is 4.26. The normalized spacial score (nSPS) is 12.8. The van der Waals surface area contributed by atoms with Crippen LogP contribution >= 0.6 is 11.6 Å². The number of allylic oxidation sites excluding steroid dienone is 4. The number of hydrogen-bond donors (Lipinski definition) is 0. The van der Waals surface area contributed by atoms with E-state index in [0.717, 1.165) is 33.1 Å². The van der Waals surface area contributed by atoms with Crippen molar-refractivity contribution in [1.29, 1.82) is 0 Å². The molecule has 116 valence electrons. The molecule has 0 saturated carbocycles. The third kappa shape index (κ3) is 2.55. The summed E-state index contributed by atoms with van der Waals surface area (Å²) in [6.45, 7) is 5.81. The molecule has 0 radical (unpaired) electrons. The van der Waals surface area contributed by atoms with Gasteiger partial charge in [-0.3, -0.25) is 0 Å². The van der Waals surface area contributed by atoms with Gasteiger partial charge in [0.25, 0.3) is 0 Å². The molecule has 0 fully saturated rings. The van der Waals surface area contributed by atoms with Gasteiger partial charge in [0.1, 0.15) is 16.9 Å². The molecule has 0 bridgehead atoms. The lowest BCUT2D eigenvalue weighted by Crippen LogP contribution is -1.91.